The molecule has 2 heterocycles. The van der Waals surface area contributed by atoms with Gasteiger partial charge in [0.25, 0.3) is 0 Å². The minimum atomic E-state index is -0.316. The smallest absolute Gasteiger partial charge is 0.249 e. The van der Waals surface area contributed by atoms with E-state index < -0.39 is 0 Å². The zero-order valence-electron chi connectivity index (χ0n) is 12.3. The molecule has 0 aliphatic heterocycles. The van der Waals surface area contributed by atoms with Gasteiger partial charge in [0.1, 0.15) is 6.04 Å². The molecule has 1 amide bonds. The van der Waals surface area contributed by atoms with Crippen molar-refractivity contribution in [1.29, 1.82) is 0 Å². The Morgan fingerprint density at radius 3 is 2.86 bits per heavy atom. The van der Waals surface area contributed by atoms with Crippen LogP contribution in [-0.4, -0.2) is 34.6 Å². The zero-order chi connectivity index (χ0) is 15.2. The lowest BCUT2D eigenvalue weighted by molar-refractivity contribution is -0.121. The van der Waals surface area contributed by atoms with Crippen molar-refractivity contribution in [2.45, 2.75) is 19.9 Å². The van der Waals surface area contributed by atoms with Gasteiger partial charge in [-0.05, 0) is 25.1 Å². The van der Waals surface area contributed by atoms with Crippen LogP contribution in [0.5, 0.6) is 0 Å². The number of amides is 1. The number of nitrogens with zero attached hydrogens (tertiary/aromatic N) is 3. The molecule has 7 heteroatoms. The lowest BCUT2D eigenvalue weighted by Crippen LogP contribution is -2.37. The summed E-state index contributed by atoms with van der Waals surface area (Å²) in [6.45, 7) is 4.21. The first-order chi connectivity index (χ1) is 10.1. The fourth-order valence-corrected chi connectivity index (χ4v) is 1.87. The fourth-order valence-electron chi connectivity index (χ4n) is 1.87. The average molecular weight is 289 g/mol. The Balaban J connectivity index is 2.18. The van der Waals surface area contributed by atoms with E-state index >= 15 is 0 Å². The Hall–Kier alpha value is -2.28. The van der Waals surface area contributed by atoms with Gasteiger partial charge < -0.3 is 15.2 Å². The van der Waals surface area contributed by atoms with E-state index in [9.17, 15) is 4.79 Å². The minimum Gasteiger partial charge on any atom is -0.343 e. The summed E-state index contributed by atoms with van der Waals surface area (Å²) in [6, 6.07) is 3.34. The highest BCUT2D eigenvalue weighted by Gasteiger charge is 2.24. The van der Waals surface area contributed by atoms with Crippen LogP contribution in [0.2, 0.25) is 0 Å². The molecule has 2 rings (SSSR count). The van der Waals surface area contributed by atoms with Crippen molar-refractivity contribution in [2.24, 2.45) is 5.92 Å². The summed E-state index contributed by atoms with van der Waals surface area (Å²) in [7, 11) is 1.72. The number of likely N-dealkylation sites (N-methyl/N-ethyl adjacent to an activating group) is 1. The largest absolute Gasteiger partial charge is 0.343 e. The van der Waals surface area contributed by atoms with E-state index in [1.165, 1.54) is 0 Å². The summed E-state index contributed by atoms with van der Waals surface area (Å²) in [4.78, 5) is 20.1. The van der Waals surface area contributed by atoms with Gasteiger partial charge in [-0.25, -0.2) is 0 Å². The second kappa shape index (κ2) is 6.94. The summed E-state index contributed by atoms with van der Waals surface area (Å²) in [6.07, 6.45) is 3.35. The highest BCUT2D eigenvalue weighted by atomic mass is 16.5. The van der Waals surface area contributed by atoms with Gasteiger partial charge in [0.05, 0.1) is 6.54 Å². The van der Waals surface area contributed by atoms with Gasteiger partial charge in [-0.2, -0.15) is 4.98 Å². The average Bonchev–Trinajstić information content (AvgIpc) is 2.95. The van der Waals surface area contributed by atoms with Crippen LogP contribution in [0, 0.1) is 5.92 Å². The van der Waals surface area contributed by atoms with Gasteiger partial charge in [0, 0.05) is 18.0 Å². The number of rotatable bonds is 6. The lowest BCUT2D eigenvalue weighted by atomic mass is 10.0. The Kier molecular flexibility index (Phi) is 4.99. The fraction of sp³-hybridized carbons (Fsp3) is 0.429. The molecule has 0 aliphatic carbocycles. The molecular formula is C14H19N5O2. The first kappa shape index (κ1) is 15.1. The molecule has 7 nitrogen and oxygen atoms in total. The predicted molar refractivity (Wildman–Crippen MR) is 77.2 cm³/mol. The van der Waals surface area contributed by atoms with E-state index in [1.54, 1.807) is 25.5 Å². The van der Waals surface area contributed by atoms with Crippen LogP contribution in [0.4, 0.5) is 0 Å². The number of carbonyl (C=O) groups is 1. The lowest BCUT2D eigenvalue weighted by Gasteiger charge is -2.18. The molecule has 0 radical (unpaired) electrons. The molecule has 2 aromatic heterocycles. The third kappa shape index (κ3) is 3.85. The zero-order valence-corrected chi connectivity index (χ0v) is 12.3. The van der Waals surface area contributed by atoms with Gasteiger partial charge in [-0.3, -0.25) is 9.78 Å². The molecule has 2 N–H and O–H groups in total. The summed E-state index contributed by atoms with van der Waals surface area (Å²) >= 11 is 0. The van der Waals surface area contributed by atoms with E-state index in [0.717, 1.165) is 5.56 Å². The summed E-state index contributed by atoms with van der Waals surface area (Å²) in [5.74, 6) is 0.880. The van der Waals surface area contributed by atoms with Crippen LogP contribution < -0.4 is 10.6 Å². The molecule has 2 aromatic rings. The standard InChI is InChI=1S/C14H19N5O2/c1-9(2)12(17-11(20)8-15-3)14-18-13(19-21-14)10-5-4-6-16-7-10/h4-7,9,12,15H,8H2,1-3H3,(H,17,20). The van der Waals surface area contributed by atoms with Crippen LogP contribution in [0.3, 0.4) is 0 Å². The van der Waals surface area contributed by atoms with Crippen LogP contribution in [-0.2, 0) is 4.79 Å². The summed E-state index contributed by atoms with van der Waals surface area (Å²) < 4.78 is 5.30. The number of hydrogen-bond donors (Lipinski definition) is 2. The minimum absolute atomic E-state index is 0.114. The van der Waals surface area contributed by atoms with Crippen molar-refractivity contribution < 1.29 is 9.32 Å². The maximum atomic E-state index is 11.7. The molecular weight excluding hydrogens is 270 g/mol. The third-order valence-corrected chi connectivity index (χ3v) is 2.95. The summed E-state index contributed by atoms with van der Waals surface area (Å²) in [5.41, 5.74) is 0.775. The van der Waals surface area contributed by atoms with Crippen molar-refractivity contribution in [3.8, 4) is 11.4 Å². The van der Waals surface area contributed by atoms with E-state index in [0.29, 0.717) is 11.7 Å². The Labute approximate surface area is 123 Å². The Morgan fingerprint density at radius 2 is 2.24 bits per heavy atom. The van der Waals surface area contributed by atoms with Crippen molar-refractivity contribution in [2.75, 3.05) is 13.6 Å². The summed E-state index contributed by atoms with van der Waals surface area (Å²) in [5, 5.41) is 9.64. The van der Waals surface area contributed by atoms with Crippen molar-refractivity contribution in [3.63, 3.8) is 0 Å². The molecule has 0 spiro atoms. The number of aromatic nitrogens is 3. The maximum absolute atomic E-state index is 11.7. The van der Waals surface area contributed by atoms with E-state index in [4.69, 9.17) is 4.52 Å². The van der Waals surface area contributed by atoms with Gasteiger partial charge in [-0.15, -0.1) is 0 Å². The molecule has 0 saturated carbocycles. The molecule has 0 aliphatic rings. The first-order valence-corrected chi connectivity index (χ1v) is 6.79. The van der Waals surface area contributed by atoms with Crippen LogP contribution in [0.15, 0.2) is 29.0 Å². The number of hydrogen-bond acceptors (Lipinski definition) is 6. The predicted octanol–water partition coefficient (Wildman–Crippen LogP) is 1.16. The van der Waals surface area contributed by atoms with Gasteiger partial charge in [0.2, 0.25) is 17.6 Å². The number of nitrogens with one attached hydrogen (secondary N) is 2. The molecule has 0 fully saturated rings. The van der Waals surface area contributed by atoms with Crippen molar-refractivity contribution in [1.82, 2.24) is 25.8 Å². The van der Waals surface area contributed by atoms with Crippen LogP contribution >= 0.6 is 0 Å². The first-order valence-electron chi connectivity index (χ1n) is 6.79. The van der Waals surface area contributed by atoms with E-state index in [1.807, 2.05) is 19.9 Å². The molecule has 0 saturated heterocycles. The maximum Gasteiger partial charge on any atom is 0.249 e. The van der Waals surface area contributed by atoms with Crippen LogP contribution in [0.25, 0.3) is 11.4 Å². The monoisotopic (exact) mass is 289 g/mol. The normalized spacial score (nSPS) is 12.4. The highest BCUT2D eigenvalue weighted by molar-refractivity contribution is 5.78. The topological polar surface area (TPSA) is 92.9 Å². The van der Waals surface area contributed by atoms with Gasteiger partial charge >= 0.3 is 0 Å². The van der Waals surface area contributed by atoms with Gasteiger partial charge in [0.15, 0.2) is 0 Å². The van der Waals surface area contributed by atoms with E-state index in [-0.39, 0.29) is 24.4 Å². The molecule has 0 aromatic carbocycles. The quantitative estimate of drug-likeness (QED) is 0.829. The molecule has 112 valence electrons. The second-order valence-electron chi connectivity index (χ2n) is 5.02. The Bertz CT molecular complexity index is 582. The second-order valence-corrected chi connectivity index (χ2v) is 5.02. The van der Waals surface area contributed by atoms with Gasteiger partial charge in [-0.1, -0.05) is 19.0 Å². The molecule has 21 heavy (non-hydrogen) atoms. The SMILES string of the molecule is CNCC(=O)NC(c1nc(-c2cccnc2)no1)C(C)C. The van der Waals surface area contributed by atoms with Crippen molar-refractivity contribution in [3.05, 3.63) is 30.4 Å². The molecule has 1 atom stereocenters. The van der Waals surface area contributed by atoms with E-state index in [2.05, 4.69) is 25.8 Å². The molecule has 1 unspecified atom stereocenters. The Morgan fingerprint density at radius 1 is 1.43 bits per heavy atom. The number of carbonyl (C=O) groups excluding carboxylic acids is 1. The highest BCUT2D eigenvalue weighted by Crippen LogP contribution is 2.22. The van der Waals surface area contributed by atoms with Crippen molar-refractivity contribution >= 4 is 5.91 Å². The molecule has 0 bridgehead atoms. The number of pyridine rings is 1. The third-order valence-electron chi connectivity index (χ3n) is 2.95. The van der Waals surface area contributed by atoms with Crippen LogP contribution in [0.1, 0.15) is 25.8 Å².